The molecule has 2 N–H and O–H groups in total. The van der Waals surface area contributed by atoms with Crippen molar-refractivity contribution in [3.63, 3.8) is 0 Å². The predicted octanol–water partition coefficient (Wildman–Crippen LogP) is 0.0911. The van der Waals surface area contributed by atoms with E-state index in [-0.39, 0.29) is 17.6 Å². The highest BCUT2D eigenvalue weighted by molar-refractivity contribution is 5.76. The molecule has 0 saturated carbocycles. The molecule has 0 bridgehead atoms. The normalized spacial score (nSPS) is 10.5. The van der Waals surface area contributed by atoms with E-state index in [0.29, 0.717) is 13.0 Å². The van der Waals surface area contributed by atoms with Crippen LogP contribution < -0.4 is 11.0 Å². The zero-order valence-corrected chi connectivity index (χ0v) is 8.41. The monoisotopic (exact) mass is 197 g/mol. The predicted molar refractivity (Wildman–Crippen MR) is 52.9 cm³/mol. The van der Waals surface area contributed by atoms with Crippen LogP contribution in [0.3, 0.4) is 0 Å². The maximum absolute atomic E-state index is 11.2. The number of hydrogen-bond donors (Lipinski definition) is 2. The van der Waals surface area contributed by atoms with Crippen molar-refractivity contribution in [1.29, 1.82) is 0 Å². The van der Waals surface area contributed by atoms with Gasteiger partial charge in [0.25, 0.3) is 0 Å². The fourth-order valence-corrected chi connectivity index (χ4v) is 1.14. The molecule has 0 radical (unpaired) electrons. The lowest BCUT2D eigenvalue weighted by Crippen LogP contribution is -2.31. The molecular formula is C9H15N3O2. The van der Waals surface area contributed by atoms with Crippen molar-refractivity contribution < 1.29 is 4.79 Å². The van der Waals surface area contributed by atoms with Crippen LogP contribution in [0.15, 0.2) is 17.2 Å². The van der Waals surface area contributed by atoms with Crippen LogP contribution in [0.4, 0.5) is 0 Å². The standard InChI is InChI=1S/C9H15N3O2/c1-7(2)11-8(13)3-5-12-6-4-10-9(12)14/h4,6-7H,3,5H2,1-2H3,(H,10,14)(H,11,13). The minimum Gasteiger partial charge on any atom is -0.354 e. The summed E-state index contributed by atoms with van der Waals surface area (Å²) in [6.07, 6.45) is 3.52. The number of amides is 1. The first-order valence-corrected chi connectivity index (χ1v) is 4.63. The number of H-pyrrole nitrogens is 1. The number of carbonyl (C=O) groups excluding carboxylic acids is 1. The molecule has 0 fully saturated rings. The van der Waals surface area contributed by atoms with Crippen LogP contribution in [0, 0.1) is 0 Å². The Kier molecular flexibility index (Phi) is 3.50. The van der Waals surface area contributed by atoms with Crippen LogP contribution in [-0.2, 0) is 11.3 Å². The van der Waals surface area contributed by atoms with Crippen molar-refractivity contribution in [3.05, 3.63) is 22.9 Å². The molecule has 5 nitrogen and oxygen atoms in total. The first kappa shape index (κ1) is 10.6. The number of nitrogens with one attached hydrogen (secondary N) is 2. The molecule has 0 aliphatic carbocycles. The van der Waals surface area contributed by atoms with Gasteiger partial charge in [0.1, 0.15) is 0 Å². The number of aryl methyl sites for hydroxylation is 1. The highest BCUT2D eigenvalue weighted by atomic mass is 16.2. The Morgan fingerprint density at radius 2 is 2.36 bits per heavy atom. The summed E-state index contributed by atoms with van der Waals surface area (Å²) in [5.41, 5.74) is -0.178. The van der Waals surface area contributed by atoms with Crippen molar-refractivity contribution >= 4 is 5.91 Å². The minimum atomic E-state index is -0.178. The molecule has 14 heavy (non-hydrogen) atoms. The summed E-state index contributed by atoms with van der Waals surface area (Å²) in [6.45, 7) is 4.22. The first-order valence-electron chi connectivity index (χ1n) is 4.63. The molecular weight excluding hydrogens is 182 g/mol. The molecule has 1 amide bonds. The van der Waals surface area contributed by atoms with E-state index in [9.17, 15) is 9.59 Å². The lowest BCUT2D eigenvalue weighted by Gasteiger charge is -2.07. The van der Waals surface area contributed by atoms with Crippen LogP contribution in [0.2, 0.25) is 0 Å². The number of aromatic amines is 1. The van der Waals surface area contributed by atoms with Crippen LogP contribution in [-0.4, -0.2) is 21.5 Å². The third-order valence-electron chi connectivity index (χ3n) is 1.75. The van der Waals surface area contributed by atoms with Gasteiger partial charge in [-0.15, -0.1) is 0 Å². The van der Waals surface area contributed by atoms with Gasteiger partial charge >= 0.3 is 5.69 Å². The highest BCUT2D eigenvalue weighted by Gasteiger charge is 2.04. The van der Waals surface area contributed by atoms with Crippen molar-refractivity contribution in [3.8, 4) is 0 Å². The Morgan fingerprint density at radius 3 is 2.86 bits per heavy atom. The summed E-state index contributed by atoms with van der Waals surface area (Å²) in [7, 11) is 0. The number of imidazole rings is 1. The molecule has 0 unspecified atom stereocenters. The zero-order valence-electron chi connectivity index (χ0n) is 8.41. The van der Waals surface area contributed by atoms with Crippen molar-refractivity contribution in [2.75, 3.05) is 0 Å². The fourth-order valence-electron chi connectivity index (χ4n) is 1.14. The molecule has 0 aromatic carbocycles. The molecule has 5 heteroatoms. The summed E-state index contributed by atoms with van der Waals surface area (Å²) in [6, 6.07) is 0.144. The molecule has 1 rings (SSSR count). The second-order valence-corrected chi connectivity index (χ2v) is 3.43. The van der Waals surface area contributed by atoms with Crippen molar-refractivity contribution in [1.82, 2.24) is 14.9 Å². The van der Waals surface area contributed by atoms with E-state index in [4.69, 9.17) is 0 Å². The second-order valence-electron chi connectivity index (χ2n) is 3.43. The summed E-state index contributed by atoms with van der Waals surface area (Å²) in [5, 5.41) is 2.76. The van der Waals surface area contributed by atoms with Gasteiger partial charge < -0.3 is 10.3 Å². The minimum absolute atomic E-state index is 0.0342. The molecule has 1 aromatic rings. The van der Waals surface area contributed by atoms with E-state index in [1.807, 2.05) is 13.8 Å². The van der Waals surface area contributed by atoms with E-state index in [1.165, 1.54) is 4.57 Å². The SMILES string of the molecule is CC(C)NC(=O)CCn1cc[nH]c1=O. The van der Waals surface area contributed by atoms with E-state index >= 15 is 0 Å². The van der Waals surface area contributed by atoms with Crippen molar-refractivity contribution in [2.24, 2.45) is 0 Å². The Balaban J connectivity index is 2.38. The summed E-state index contributed by atoms with van der Waals surface area (Å²) >= 11 is 0. The Hall–Kier alpha value is -1.52. The number of rotatable bonds is 4. The van der Waals surface area contributed by atoms with E-state index in [1.54, 1.807) is 12.4 Å². The lowest BCUT2D eigenvalue weighted by molar-refractivity contribution is -0.121. The van der Waals surface area contributed by atoms with Gasteiger partial charge in [-0.1, -0.05) is 0 Å². The van der Waals surface area contributed by atoms with E-state index in [0.717, 1.165) is 0 Å². The van der Waals surface area contributed by atoms with Gasteiger partial charge in [0, 0.05) is 31.4 Å². The molecule has 78 valence electrons. The molecule has 0 aliphatic rings. The molecule has 0 atom stereocenters. The van der Waals surface area contributed by atoms with Crippen LogP contribution in [0.1, 0.15) is 20.3 Å². The second kappa shape index (κ2) is 4.64. The van der Waals surface area contributed by atoms with Gasteiger partial charge in [-0.25, -0.2) is 4.79 Å². The maximum atomic E-state index is 11.2. The Morgan fingerprint density at radius 1 is 1.64 bits per heavy atom. The van der Waals surface area contributed by atoms with Gasteiger partial charge in [0.15, 0.2) is 0 Å². The van der Waals surface area contributed by atoms with Crippen LogP contribution >= 0.6 is 0 Å². The molecule has 0 spiro atoms. The Labute approximate surface area is 82.1 Å². The van der Waals surface area contributed by atoms with Crippen LogP contribution in [0.5, 0.6) is 0 Å². The lowest BCUT2D eigenvalue weighted by atomic mass is 10.3. The average molecular weight is 197 g/mol. The molecule has 1 aromatic heterocycles. The number of hydrogen-bond acceptors (Lipinski definition) is 2. The largest absolute Gasteiger partial charge is 0.354 e. The number of carbonyl (C=O) groups is 1. The van der Waals surface area contributed by atoms with E-state index in [2.05, 4.69) is 10.3 Å². The van der Waals surface area contributed by atoms with Crippen LogP contribution in [0.25, 0.3) is 0 Å². The van der Waals surface area contributed by atoms with Gasteiger partial charge in [-0.3, -0.25) is 9.36 Å². The summed E-state index contributed by atoms with van der Waals surface area (Å²) in [4.78, 5) is 24.8. The zero-order chi connectivity index (χ0) is 10.6. The van der Waals surface area contributed by atoms with Gasteiger partial charge in [-0.2, -0.15) is 0 Å². The van der Waals surface area contributed by atoms with Crippen molar-refractivity contribution in [2.45, 2.75) is 32.9 Å². The fraction of sp³-hybridized carbons (Fsp3) is 0.556. The quantitative estimate of drug-likeness (QED) is 0.718. The molecule has 0 aliphatic heterocycles. The third-order valence-corrected chi connectivity index (χ3v) is 1.75. The summed E-state index contributed by atoms with van der Waals surface area (Å²) in [5.74, 6) is -0.0342. The molecule has 0 saturated heterocycles. The average Bonchev–Trinajstić information content (AvgIpc) is 2.46. The maximum Gasteiger partial charge on any atom is 0.325 e. The first-order chi connectivity index (χ1) is 6.59. The van der Waals surface area contributed by atoms with Gasteiger partial charge in [-0.05, 0) is 13.8 Å². The third kappa shape index (κ3) is 3.08. The van der Waals surface area contributed by atoms with Gasteiger partial charge in [0.2, 0.25) is 5.91 Å². The highest BCUT2D eigenvalue weighted by Crippen LogP contribution is 1.88. The topological polar surface area (TPSA) is 66.9 Å². The smallest absolute Gasteiger partial charge is 0.325 e. The van der Waals surface area contributed by atoms with E-state index < -0.39 is 0 Å². The number of nitrogens with zero attached hydrogens (tertiary/aromatic N) is 1. The molecule has 1 heterocycles. The number of aromatic nitrogens is 2. The summed E-state index contributed by atoms with van der Waals surface area (Å²) < 4.78 is 1.47. The Bertz CT molecular complexity index is 351. The van der Waals surface area contributed by atoms with Gasteiger partial charge in [0.05, 0.1) is 0 Å².